The summed E-state index contributed by atoms with van der Waals surface area (Å²) in [7, 11) is -1.65. The molecule has 0 amide bonds. The first-order valence-corrected chi connectivity index (χ1v) is 9.42. The highest BCUT2D eigenvalue weighted by molar-refractivity contribution is 7.88. The summed E-state index contributed by atoms with van der Waals surface area (Å²) in [5, 5.41) is 0. The average molecular weight is 330 g/mol. The first-order valence-electron chi connectivity index (χ1n) is 7.82. The molecule has 0 unspecified atom stereocenters. The van der Waals surface area contributed by atoms with Crippen molar-refractivity contribution in [2.45, 2.75) is 19.5 Å². The van der Waals surface area contributed by atoms with Crippen molar-refractivity contribution in [2.75, 3.05) is 19.5 Å². The molecule has 2 aromatic rings. The number of nitrogens with zero attached hydrogens (tertiary/aromatic N) is 2. The molecule has 4 nitrogen and oxygen atoms in total. The van der Waals surface area contributed by atoms with E-state index >= 15 is 0 Å². The average Bonchev–Trinajstić information content (AvgIpc) is 2.55. The van der Waals surface area contributed by atoms with E-state index in [1.807, 2.05) is 47.4 Å². The SMILES string of the molecule is CN(Cc1ccccc1)S(=O)(=O)CN1CCc2ccccc2C1. The lowest BCUT2D eigenvalue weighted by Crippen LogP contribution is -2.40. The van der Waals surface area contributed by atoms with Gasteiger partial charge in [0.15, 0.2) is 0 Å². The molecule has 1 heterocycles. The van der Waals surface area contributed by atoms with E-state index < -0.39 is 10.0 Å². The summed E-state index contributed by atoms with van der Waals surface area (Å²) in [4.78, 5) is 2.01. The Hall–Kier alpha value is -1.69. The zero-order chi connectivity index (χ0) is 16.3. The minimum absolute atomic E-state index is 0.0741. The van der Waals surface area contributed by atoms with E-state index in [2.05, 4.69) is 12.1 Å². The molecule has 0 spiro atoms. The molecule has 122 valence electrons. The lowest BCUT2D eigenvalue weighted by Gasteiger charge is -2.30. The molecule has 0 aliphatic carbocycles. The van der Waals surface area contributed by atoms with Crippen molar-refractivity contribution >= 4 is 10.0 Å². The van der Waals surface area contributed by atoms with Crippen LogP contribution in [-0.2, 0) is 29.5 Å². The van der Waals surface area contributed by atoms with Gasteiger partial charge < -0.3 is 0 Å². The zero-order valence-electron chi connectivity index (χ0n) is 13.4. The van der Waals surface area contributed by atoms with E-state index in [0.29, 0.717) is 13.1 Å². The Bertz CT molecular complexity index is 760. The fourth-order valence-corrected chi connectivity index (χ4v) is 4.16. The maximum absolute atomic E-state index is 12.6. The van der Waals surface area contributed by atoms with Gasteiger partial charge in [0.05, 0.1) is 0 Å². The Labute approximate surface area is 138 Å². The van der Waals surface area contributed by atoms with Gasteiger partial charge in [-0.3, -0.25) is 4.90 Å². The Morgan fingerprint density at radius 3 is 2.39 bits per heavy atom. The van der Waals surface area contributed by atoms with Gasteiger partial charge in [-0.15, -0.1) is 0 Å². The quantitative estimate of drug-likeness (QED) is 0.845. The van der Waals surface area contributed by atoms with E-state index in [9.17, 15) is 8.42 Å². The van der Waals surface area contributed by atoms with Gasteiger partial charge in [-0.25, -0.2) is 8.42 Å². The van der Waals surface area contributed by atoms with Crippen LogP contribution in [-0.4, -0.2) is 37.1 Å². The van der Waals surface area contributed by atoms with Crippen LogP contribution >= 0.6 is 0 Å². The second-order valence-corrected chi connectivity index (χ2v) is 8.10. The van der Waals surface area contributed by atoms with Crippen LogP contribution in [0.3, 0.4) is 0 Å². The van der Waals surface area contributed by atoms with Crippen LogP contribution in [0.1, 0.15) is 16.7 Å². The number of sulfonamides is 1. The maximum Gasteiger partial charge on any atom is 0.227 e. The van der Waals surface area contributed by atoms with E-state index in [0.717, 1.165) is 18.5 Å². The highest BCUT2D eigenvalue weighted by Gasteiger charge is 2.24. The van der Waals surface area contributed by atoms with Gasteiger partial charge in [-0.05, 0) is 23.1 Å². The van der Waals surface area contributed by atoms with E-state index in [4.69, 9.17) is 0 Å². The predicted molar refractivity (Wildman–Crippen MR) is 92.3 cm³/mol. The molecule has 0 saturated carbocycles. The third kappa shape index (κ3) is 3.99. The number of benzene rings is 2. The molecule has 5 heteroatoms. The third-order valence-electron chi connectivity index (χ3n) is 4.28. The summed E-state index contributed by atoms with van der Waals surface area (Å²) >= 11 is 0. The van der Waals surface area contributed by atoms with Gasteiger partial charge in [0.1, 0.15) is 5.88 Å². The van der Waals surface area contributed by atoms with Gasteiger partial charge in [0.2, 0.25) is 10.0 Å². The van der Waals surface area contributed by atoms with Crippen molar-refractivity contribution < 1.29 is 8.42 Å². The summed E-state index contributed by atoms with van der Waals surface area (Å²) in [5.41, 5.74) is 3.57. The second-order valence-electron chi connectivity index (χ2n) is 6.05. The molecule has 0 fully saturated rings. The Kier molecular flexibility index (Phi) is 4.80. The molecule has 0 atom stereocenters. The van der Waals surface area contributed by atoms with Crippen LogP contribution in [0, 0.1) is 0 Å². The van der Waals surface area contributed by atoms with Gasteiger partial charge in [-0.2, -0.15) is 4.31 Å². The lowest BCUT2D eigenvalue weighted by molar-refractivity contribution is 0.285. The molecular formula is C18H22N2O2S. The summed E-state index contributed by atoms with van der Waals surface area (Å²) in [5.74, 6) is 0.0741. The van der Waals surface area contributed by atoms with Crippen LogP contribution in [0.2, 0.25) is 0 Å². The van der Waals surface area contributed by atoms with E-state index in [1.165, 1.54) is 15.4 Å². The summed E-state index contributed by atoms with van der Waals surface area (Å²) in [6.07, 6.45) is 0.911. The number of fused-ring (bicyclic) bond motifs is 1. The molecule has 0 aromatic heterocycles. The van der Waals surface area contributed by atoms with Gasteiger partial charge in [0.25, 0.3) is 0 Å². The summed E-state index contributed by atoms with van der Waals surface area (Å²) < 4.78 is 26.6. The fourth-order valence-electron chi connectivity index (χ4n) is 2.93. The second kappa shape index (κ2) is 6.83. The third-order valence-corrected chi connectivity index (χ3v) is 6.05. The Morgan fingerprint density at radius 2 is 1.65 bits per heavy atom. The number of hydrogen-bond acceptors (Lipinski definition) is 3. The standard InChI is InChI=1S/C18H22N2O2S/c1-19(13-16-7-3-2-4-8-16)23(21,22)15-20-12-11-17-9-5-6-10-18(17)14-20/h2-10H,11-15H2,1H3. The summed E-state index contributed by atoms with van der Waals surface area (Å²) in [6.45, 7) is 1.90. The van der Waals surface area contributed by atoms with Crippen LogP contribution in [0.15, 0.2) is 54.6 Å². The molecule has 0 saturated heterocycles. The highest BCUT2D eigenvalue weighted by Crippen LogP contribution is 2.19. The van der Waals surface area contributed by atoms with Crippen molar-refractivity contribution in [3.05, 3.63) is 71.3 Å². The number of rotatable bonds is 5. The maximum atomic E-state index is 12.6. The lowest BCUT2D eigenvalue weighted by atomic mass is 10.0. The largest absolute Gasteiger partial charge is 0.284 e. The Morgan fingerprint density at radius 1 is 1.00 bits per heavy atom. The van der Waals surface area contributed by atoms with Gasteiger partial charge >= 0.3 is 0 Å². The van der Waals surface area contributed by atoms with Crippen LogP contribution in [0.4, 0.5) is 0 Å². The summed E-state index contributed by atoms with van der Waals surface area (Å²) in [6, 6.07) is 18.0. The molecule has 0 bridgehead atoms. The van der Waals surface area contributed by atoms with Crippen molar-refractivity contribution in [1.82, 2.24) is 9.21 Å². The molecule has 1 aliphatic heterocycles. The van der Waals surface area contributed by atoms with E-state index in [1.54, 1.807) is 7.05 Å². The molecule has 2 aromatic carbocycles. The van der Waals surface area contributed by atoms with Gasteiger partial charge in [-0.1, -0.05) is 54.6 Å². The van der Waals surface area contributed by atoms with Crippen LogP contribution < -0.4 is 0 Å². The normalized spacial score (nSPS) is 15.6. The molecule has 0 N–H and O–H groups in total. The highest BCUT2D eigenvalue weighted by atomic mass is 32.2. The van der Waals surface area contributed by atoms with Crippen LogP contribution in [0.5, 0.6) is 0 Å². The first-order chi connectivity index (χ1) is 11.0. The Balaban J connectivity index is 1.65. The molecule has 23 heavy (non-hydrogen) atoms. The topological polar surface area (TPSA) is 40.6 Å². The smallest absolute Gasteiger partial charge is 0.227 e. The fraction of sp³-hybridized carbons (Fsp3) is 0.333. The number of hydrogen-bond donors (Lipinski definition) is 0. The molecule has 1 aliphatic rings. The van der Waals surface area contributed by atoms with Crippen molar-refractivity contribution in [1.29, 1.82) is 0 Å². The molecule has 0 radical (unpaired) electrons. The van der Waals surface area contributed by atoms with Gasteiger partial charge in [0, 0.05) is 26.7 Å². The van der Waals surface area contributed by atoms with Crippen molar-refractivity contribution in [2.24, 2.45) is 0 Å². The molecular weight excluding hydrogens is 308 g/mol. The predicted octanol–water partition coefficient (Wildman–Crippen LogP) is 2.46. The monoisotopic (exact) mass is 330 g/mol. The zero-order valence-corrected chi connectivity index (χ0v) is 14.2. The minimum atomic E-state index is -3.30. The van der Waals surface area contributed by atoms with Crippen LogP contribution in [0.25, 0.3) is 0 Å². The molecule has 3 rings (SSSR count). The minimum Gasteiger partial charge on any atom is -0.284 e. The van der Waals surface area contributed by atoms with Crippen molar-refractivity contribution in [3.8, 4) is 0 Å². The van der Waals surface area contributed by atoms with E-state index in [-0.39, 0.29) is 5.88 Å². The van der Waals surface area contributed by atoms with Crippen molar-refractivity contribution in [3.63, 3.8) is 0 Å². The first kappa shape index (κ1) is 16.2.